The number of aryl methyl sites for hydroxylation is 2. The second kappa shape index (κ2) is 5.78. The summed E-state index contributed by atoms with van der Waals surface area (Å²) >= 11 is 0. The molecule has 104 valence electrons. The normalized spacial score (nSPS) is 10.3. The van der Waals surface area contributed by atoms with Gasteiger partial charge < -0.3 is 10.0 Å². The number of rotatable bonds is 4. The zero-order valence-corrected chi connectivity index (χ0v) is 12.1. The lowest BCUT2D eigenvalue weighted by atomic mass is 10.1. The highest BCUT2D eigenvalue weighted by atomic mass is 16.4. The second-order valence-electron chi connectivity index (χ2n) is 5.21. The van der Waals surface area contributed by atoms with Crippen LogP contribution in [0.15, 0.2) is 42.5 Å². The Balaban J connectivity index is 2.20. The van der Waals surface area contributed by atoms with E-state index in [1.807, 2.05) is 13.1 Å². The van der Waals surface area contributed by atoms with Crippen molar-refractivity contribution in [3.05, 3.63) is 64.7 Å². The number of anilines is 1. The number of carboxylic acid groups (broad SMARTS) is 1. The second-order valence-corrected chi connectivity index (χ2v) is 5.21. The summed E-state index contributed by atoms with van der Waals surface area (Å²) in [6.45, 7) is 4.84. The molecule has 2 rings (SSSR count). The van der Waals surface area contributed by atoms with E-state index in [1.165, 1.54) is 11.1 Å². The Morgan fingerprint density at radius 1 is 1.10 bits per heavy atom. The molecule has 2 aromatic rings. The van der Waals surface area contributed by atoms with Gasteiger partial charge in [0.1, 0.15) is 0 Å². The number of carboxylic acids is 1. The van der Waals surface area contributed by atoms with Crippen molar-refractivity contribution in [1.82, 2.24) is 0 Å². The van der Waals surface area contributed by atoms with Gasteiger partial charge in [-0.3, -0.25) is 0 Å². The van der Waals surface area contributed by atoms with Gasteiger partial charge >= 0.3 is 5.97 Å². The van der Waals surface area contributed by atoms with Gasteiger partial charge in [-0.2, -0.15) is 0 Å². The highest BCUT2D eigenvalue weighted by molar-refractivity contribution is 5.87. The molecule has 0 saturated carbocycles. The van der Waals surface area contributed by atoms with Crippen molar-refractivity contribution in [2.75, 3.05) is 11.9 Å². The third-order valence-electron chi connectivity index (χ3n) is 3.24. The molecular weight excluding hydrogens is 250 g/mol. The molecule has 0 spiro atoms. The fraction of sp³-hybridized carbons (Fsp3) is 0.235. The number of nitrogens with zero attached hydrogens (tertiary/aromatic N) is 1. The van der Waals surface area contributed by atoms with Crippen LogP contribution in [0.5, 0.6) is 0 Å². The fourth-order valence-corrected chi connectivity index (χ4v) is 2.34. The topological polar surface area (TPSA) is 40.5 Å². The number of hydrogen-bond acceptors (Lipinski definition) is 2. The lowest BCUT2D eigenvalue weighted by Gasteiger charge is -2.20. The maximum Gasteiger partial charge on any atom is 0.335 e. The minimum Gasteiger partial charge on any atom is -0.478 e. The first kappa shape index (κ1) is 14.1. The molecular formula is C17H19NO2. The van der Waals surface area contributed by atoms with Gasteiger partial charge in [0.25, 0.3) is 0 Å². The summed E-state index contributed by atoms with van der Waals surface area (Å²) in [6.07, 6.45) is 0. The third kappa shape index (κ3) is 3.38. The Morgan fingerprint density at radius 2 is 1.75 bits per heavy atom. The van der Waals surface area contributed by atoms with E-state index in [0.29, 0.717) is 12.1 Å². The average Bonchev–Trinajstić information content (AvgIpc) is 2.37. The van der Waals surface area contributed by atoms with Crippen LogP contribution in [0.3, 0.4) is 0 Å². The summed E-state index contributed by atoms with van der Waals surface area (Å²) in [5, 5.41) is 9.02. The van der Waals surface area contributed by atoms with Crippen LogP contribution in [0, 0.1) is 13.8 Å². The van der Waals surface area contributed by atoms with Crippen LogP contribution in [0.1, 0.15) is 27.0 Å². The van der Waals surface area contributed by atoms with E-state index < -0.39 is 5.97 Å². The molecule has 0 aliphatic carbocycles. The van der Waals surface area contributed by atoms with Crippen LogP contribution < -0.4 is 4.90 Å². The first-order chi connectivity index (χ1) is 9.45. The lowest BCUT2D eigenvalue weighted by molar-refractivity contribution is 0.0696. The maximum atomic E-state index is 11.0. The lowest BCUT2D eigenvalue weighted by Crippen LogP contribution is -2.17. The molecule has 0 aliphatic rings. The molecule has 0 fully saturated rings. The number of benzene rings is 2. The van der Waals surface area contributed by atoms with Gasteiger partial charge in [0, 0.05) is 19.3 Å². The number of carbonyl (C=O) groups is 1. The Labute approximate surface area is 119 Å². The number of aromatic carboxylic acids is 1. The summed E-state index contributed by atoms with van der Waals surface area (Å²) < 4.78 is 0. The fourth-order valence-electron chi connectivity index (χ4n) is 2.34. The van der Waals surface area contributed by atoms with E-state index in [2.05, 4.69) is 36.9 Å². The van der Waals surface area contributed by atoms with Crippen molar-refractivity contribution < 1.29 is 9.90 Å². The highest BCUT2D eigenvalue weighted by Crippen LogP contribution is 2.19. The van der Waals surface area contributed by atoms with Crippen molar-refractivity contribution >= 4 is 11.7 Å². The quantitative estimate of drug-likeness (QED) is 0.921. The molecule has 0 aliphatic heterocycles. The van der Waals surface area contributed by atoms with E-state index in [0.717, 1.165) is 11.3 Å². The van der Waals surface area contributed by atoms with Gasteiger partial charge in [-0.25, -0.2) is 4.79 Å². The van der Waals surface area contributed by atoms with Gasteiger partial charge in [-0.15, -0.1) is 0 Å². The Morgan fingerprint density at radius 3 is 2.35 bits per heavy atom. The van der Waals surface area contributed by atoms with Gasteiger partial charge in [-0.1, -0.05) is 18.2 Å². The van der Waals surface area contributed by atoms with Crippen LogP contribution in [0.2, 0.25) is 0 Å². The highest BCUT2D eigenvalue weighted by Gasteiger charge is 2.07. The smallest absolute Gasteiger partial charge is 0.335 e. The predicted molar refractivity (Wildman–Crippen MR) is 81.4 cm³/mol. The van der Waals surface area contributed by atoms with Crippen LogP contribution in [-0.4, -0.2) is 18.1 Å². The summed E-state index contributed by atoms with van der Waals surface area (Å²) in [5.74, 6) is -0.888. The van der Waals surface area contributed by atoms with Crippen LogP contribution in [0.25, 0.3) is 0 Å². The summed E-state index contributed by atoms with van der Waals surface area (Å²) in [4.78, 5) is 13.1. The molecule has 1 N–H and O–H groups in total. The number of hydrogen-bond donors (Lipinski definition) is 1. The molecule has 0 unspecified atom stereocenters. The van der Waals surface area contributed by atoms with Gasteiger partial charge in [0.2, 0.25) is 0 Å². The molecule has 0 aromatic heterocycles. The summed E-state index contributed by atoms with van der Waals surface area (Å²) in [6, 6.07) is 13.5. The van der Waals surface area contributed by atoms with Crippen molar-refractivity contribution in [3.8, 4) is 0 Å². The Hall–Kier alpha value is -2.29. The van der Waals surface area contributed by atoms with Crippen LogP contribution >= 0.6 is 0 Å². The van der Waals surface area contributed by atoms with E-state index in [9.17, 15) is 4.79 Å². The molecule has 0 radical (unpaired) electrons. The molecule has 0 heterocycles. The van der Waals surface area contributed by atoms with Crippen molar-refractivity contribution in [3.63, 3.8) is 0 Å². The summed E-state index contributed by atoms with van der Waals surface area (Å²) in [7, 11) is 2.02. The van der Waals surface area contributed by atoms with Gasteiger partial charge in [0.05, 0.1) is 5.56 Å². The van der Waals surface area contributed by atoms with Crippen LogP contribution in [-0.2, 0) is 6.54 Å². The monoisotopic (exact) mass is 269 g/mol. The zero-order valence-electron chi connectivity index (χ0n) is 12.1. The van der Waals surface area contributed by atoms with Crippen molar-refractivity contribution in [2.45, 2.75) is 20.4 Å². The molecule has 0 saturated heterocycles. The molecule has 3 heteroatoms. The Kier molecular flexibility index (Phi) is 4.08. The first-order valence-corrected chi connectivity index (χ1v) is 6.57. The van der Waals surface area contributed by atoms with E-state index >= 15 is 0 Å². The molecule has 0 bridgehead atoms. The van der Waals surface area contributed by atoms with Gasteiger partial charge in [0.15, 0.2) is 0 Å². The SMILES string of the molecule is Cc1cc(C)cc(N(C)Cc2cccc(C(=O)O)c2)c1. The van der Waals surface area contributed by atoms with E-state index in [-0.39, 0.29) is 0 Å². The first-order valence-electron chi connectivity index (χ1n) is 6.57. The zero-order chi connectivity index (χ0) is 14.7. The van der Waals surface area contributed by atoms with Crippen molar-refractivity contribution in [2.24, 2.45) is 0 Å². The largest absolute Gasteiger partial charge is 0.478 e. The van der Waals surface area contributed by atoms with E-state index in [4.69, 9.17) is 5.11 Å². The molecule has 20 heavy (non-hydrogen) atoms. The minimum atomic E-state index is -0.888. The summed E-state index contributed by atoms with van der Waals surface area (Å²) in [5.41, 5.74) is 4.92. The molecule has 2 aromatic carbocycles. The predicted octanol–water partition coefficient (Wildman–Crippen LogP) is 3.64. The average molecular weight is 269 g/mol. The minimum absolute atomic E-state index is 0.330. The van der Waals surface area contributed by atoms with Crippen molar-refractivity contribution in [1.29, 1.82) is 0 Å². The third-order valence-corrected chi connectivity index (χ3v) is 3.24. The van der Waals surface area contributed by atoms with E-state index in [1.54, 1.807) is 18.2 Å². The maximum absolute atomic E-state index is 11.0. The van der Waals surface area contributed by atoms with Gasteiger partial charge in [-0.05, 0) is 54.8 Å². The standard InChI is InChI=1S/C17H19NO2/c1-12-7-13(2)9-16(8-12)18(3)11-14-5-4-6-15(10-14)17(19)20/h4-10H,11H2,1-3H3,(H,19,20). The molecule has 0 amide bonds. The van der Waals surface area contributed by atoms with Crippen LogP contribution in [0.4, 0.5) is 5.69 Å². The molecule has 0 atom stereocenters. The molecule has 3 nitrogen and oxygen atoms in total. The Bertz CT molecular complexity index is 614.